The van der Waals surface area contributed by atoms with Gasteiger partial charge < -0.3 is 15.2 Å². The van der Waals surface area contributed by atoms with E-state index in [1.807, 2.05) is 30.3 Å². The number of hydrogen-bond donors (Lipinski definition) is 2. The molecule has 4 heteroatoms. The van der Waals surface area contributed by atoms with E-state index in [9.17, 15) is 4.79 Å². The Bertz CT molecular complexity index is 993. The molecule has 4 rings (SSSR count). The minimum Gasteiger partial charge on any atom is -0.489 e. The van der Waals surface area contributed by atoms with Gasteiger partial charge in [-0.1, -0.05) is 54.6 Å². The molecule has 1 fully saturated rings. The fourth-order valence-electron chi connectivity index (χ4n) is 3.86. The Balaban J connectivity index is 1.50. The van der Waals surface area contributed by atoms with E-state index in [2.05, 4.69) is 41.7 Å². The van der Waals surface area contributed by atoms with Crippen LogP contribution in [0.4, 0.5) is 0 Å². The first kappa shape index (κ1) is 19.2. The van der Waals surface area contributed by atoms with Crippen molar-refractivity contribution in [2.24, 2.45) is 0 Å². The van der Waals surface area contributed by atoms with Gasteiger partial charge in [-0.2, -0.15) is 0 Å². The van der Waals surface area contributed by atoms with Crippen LogP contribution < -0.4 is 10.1 Å². The summed E-state index contributed by atoms with van der Waals surface area (Å²) in [5, 5.41) is 12.6. The molecule has 1 saturated heterocycles. The van der Waals surface area contributed by atoms with Crippen LogP contribution in [0.3, 0.4) is 0 Å². The molecule has 0 amide bonds. The molecule has 4 nitrogen and oxygen atoms in total. The smallest absolute Gasteiger partial charge is 0.307 e. The van der Waals surface area contributed by atoms with Gasteiger partial charge in [-0.25, -0.2) is 0 Å². The summed E-state index contributed by atoms with van der Waals surface area (Å²) >= 11 is 0. The van der Waals surface area contributed by atoms with E-state index in [0.29, 0.717) is 24.0 Å². The van der Waals surface area contributed by atoms with Gasteiger partial charge in [0.05, 0.1) is 6.42 Å². The van der Waals surface area contributed by atoms with E-state index < -0.39 is 5.97 Å². The van der Waals surface area contributed by atoms with Gasteiger partial charge in [0.15, 0.2) is 0 Å². The van der Waals surface area contributed by atoms with Crippen molar-refractivity contribution in [3.05, 3.63) is 89.5 Å². The van der Waals surface area contributed by atoms with Crippen LogP contribution in [0.1, 0.15) is 35.6 Å². The van der Waals surface area contributed by atoms with Gasteiger partial charge in [-0.3, -0.25) is 4.79 Å². The summed E-state index contributed by atoms with van der Waals surface area (Å²) in [5.41, 5.74) is 5.43. The Hall–Kier alpha value is -3.11. The van der Waals surface area contributed by atoms with E-state index >= 15 is 0 Å². The van der Waals surface area contributed by atoms with Crippen LogP contribution in [0.15, 0.2) is 72.8 Å². The van der Waals surface area contributed by atoms with Crippen molar-refractivity contribution in [2.45, 2.75) is 31.9 Å². The maximum atomic E-state index is 11.1. The zero-order valence-corrected chi connectivity index (χ0v) is 16.3. The highest BCUT2D eigenvalue weighted by molar-refractivity contribution is 5.71. The van der Waals surface area contributed by atoms with Gasteiger partial charge in [0, 0.05) is 11.6 Å². The molecule has 1 atom stereocenters. The SMILES string of the molecule is O=C(O)Cc1ccccc1OCc1cccc(-c2cccc(C3CCCN3)c2)c1. The van der Waals surface area contributed by atoms with Gasteiger partial charge in [0.1, 0.15) is 12.4 Å². The number of carboxylic acid groups (broad SMARTS) is 1. The van der Waals surface area contributed by atoms with Crippen LogP contribution >= 0.6 is 0 Å². The number of benzene rings is 3. The lowest BCUT2D eigenvalue weighted by Crippen LogP contribution is -2.12. The Morgan fingerprint density at radius 1 is 1.00 bits per heavy atom. The number of para-hydroxylation sites is 1. The largest absolute Gasteiger partial charge is 0.489 e. The molecule has 0 radical (unpaired) electrons. The number of nitrogens with one attached hydrogen (secondary N) is 1. The second-order valence-corrected chi connectivity index (χ2v) is 7.44. The fraction of sp³-hybridized carbons (Fsp3) is 0.240. The second kappa shape index (κ2) is 8.93. The van der Waals surface area contributed by atoms with E-state index in [1.165, 1.54) is 24.0 Å². The summed E-state index contributed by atoms with van der Waals surface area (Å²) in [4.78, 5) is 11.1. The van der Waals surface area contributed by atoms with Crippen LogP contribution in [0.2, 0.25) is 0 Å². The summed E-state index contributed by atoms with van der Waals surface area (Å²) in [6.45, 7) is 1.49. The normalized spacial score (nSPS) is 15.9. The van der Waals surface area contributed by atoms with Gasteiger partial charge in [-0.15, -0.1) is 0 Å². The molecule has 148 valence electrons. The quantitative estimate of drug-likeness (QED) is 0.600. The summed E-state index contributed by atoms with van der Waals surface area (Å²) in [6, 6.07) is 24.8. The molecule has 3 aromatic rings. The van der Waals surface area contributed by atoms with Crippen LogP contribution in [-0.4, -0.2) is 17.6 Å². The van der Waals surface area contributed by atoms with Crippen LogP contribution in [0.25, 0.3) is 11.1 Å². The molecular weight excluding hydrogens is 362 g/mol. The molecule has 2 N–H and O–H groups in total. The third kappa shape index (κ3) is 4.84. The zero-order valence-electron chi connectivity index (χ0n) is 16.3. The van der Waals surface area contributed by atoms with Crippen LogP contribution in [0, 0.1) is 0 Å². The number of hydrogen-bond acceptors (Lipinski definition) is 3. The molecule has 0 aromatic heterocycles. The number of rotatable bonds is 7. The molecule has 1 unspecified atom stereocenters. The Morgan fingerprint density at radius 3 is 2.59 bits per heavy atom. The molecule has 1 aliphatic heterocycles. The molecule has 0 aliphatic carbocycles. The topological polar surface area (TPSA) is 58.6 Å². The average molecular weight is 387 g/mol. The lowest BCUT2D eigenvalue weighted by molar-refractivity contribution is -0.136. The van der Waals surface area contributed by atoms with Gasteiger partial charge in [0.25, 0.3) is 0 Å². The number of ether oxygens (including phenoxy) is 1. The lowest BCUT2D eigenvalue weighted by Gasteiger charge is -2.13. The van der Waals surface area contributed by atoms with Crippen molar-refractivity contribution in [2.75, 3.05) is 6.54 Å². The van der Waals surface area contributed by atoms with Gasteiger partial charge in [-0.05, 0) is 59.8 Å². The Kier molecular flexibility index (Phi) is 5.92. The summed E-state index contributed by atoms with van der Waals surface area (Å²) in [6.07, 6.45) is 2.37. The fourth-order valence-corrected chi connectivity index (χ4v) is 3.86. The zero-order chi connectivity index (χ0) is 20.1. The van der Waals surface area contributed by atoms with Crippen molar-refractivity contribution in [1.29, 1.82) is 0 Å². The van der Waals surface area contributed by atoms with Crippen molar-refractivity contribution < 1.29 is 14.6 Å². The predicted molar refractivity (Wildman–Crippen MR) is 114 cm³/mol. The molecule has 0 spiro atoms. The third-order valence-corrected chi connectivity index (χ3v) is 5.32. The average Bonchev–Trinajstić information content (AvgIpc) is 3.28. The number of aliphatic carboxylic acids is 1. The summed E-state index contributed by atoms with van der Waals surface area (Å²) < 4.78 is 5.95. The highest BCUT2D eigenvalue weighted by Crippen LogP contribution is 2.28. The van der Waals surface area contributed by atoms with E-state index in [-0.39, 0.29) is 6.42 Å². The first-order valence-corrected chi connectivity index (χ1v) is 10.0. The third-order valence-electron chi connectivity index (χ3n) is 5.32. The predicted octanol–water partition coefficient (Wildman–Crippen LogP) is 4.98. The first-order valence-electron chi connectivity index (χ1n) is 10.0. The maximum Gasteiger partial charge on any atom is 0.307 e. The number of carboxylic acids is 1. The van der Waals surface area contributed by atoms with E-state index in [4.69, 9.17) is 9.84 Å². The van der Waals surface area contributed by atoms with Gasteiger partial charge in [0.2, 0.25) is 0 Å². The molecular formula is C25H25NO3. The van der Waals surface area contributed by atoms with Crippen molar-refractivity contribution >= 4 is 5.97 Å². The Morgan fingerprint density at radius 2 is 1.79 bits per heavy atom. The van der Waals surface area contributed by atoms with E-state index in [1.54, 1.807) is 6.07 Å². The minimum atomic E-state index is -0.861. The maximum absolute atomic E-state index is 11.1. The van der Waals surface area contributed by atoms with Gasteiger partial charge >= 0.3 is 5.97 Å². The summed E-state index contributed by atoms with van der Waals surface area (Å²) in [5.74, 6) is -0.241. The van der Waals surface area contributed by atoms with Crippen LogP contribution in [0.5, 0.6) is 5.75 Å². The Labute approximate surface area is 171 Å². The monoisotopic (exact) mass is 387 g/mol. The highest BCUT2D eigenvalue weighted by Gasteiger charge is 2.16. The van der Waals surface area contributed by atoms with Crippen molar-refractivity contribution in [3.63, 3.8) is 0 Å². The molecule has 1 aliphatic rings. The molecule has 1 heterocycles. The highest BCUT2D eigenvalue weighted by atomic mass is 16.5. The molecule has 29 heavy (non-hydrogen) atoms. The molecule has 3 aromatic carbocycles. The summed E-state index contributed by atoms with van der Waals surface area (Å²) in [7, 11) is 0. The second-order valence-electron chi connectivity index (χ2n) is 7.44. The standard InChI is InChI=1S/C25H25NO3/c27-25(28)16-22-7-1-2-12-24(22)29-17-18-6-3-8-19(14-18)20-9-4-10-21(15-20)23-11-5-13-26-23/h1-4,6-10,12,14-15,23,26H,5,11,13,16-17H2,(H,27,28). The molecule has 0 bridgehead atoms. The minimum absolute atomic E-state index is 0.0434. The van der Waals surface area contributed by atoms with E-state index in [0.717, 1.165) is 17.7 Å². The molecule has 0 saturated carbocycles. The van der Waals surface area contributed by atoms with Crippen molar-refractivity contribution in [3.8, 4) is 16.9 Å². The lowest BCUT2D eigenvalue weighted by atomic mass is 9.98. The first-order chi connectivity index (χ1) is 14.2. The van der Waals surface area contributed by atoms with Crippen molar-refractivity contribution in [1.82, 2.24) is 5.32 Å². The van der Waals surface area contributed by atoms with Crippen LogP contribution in [-0.2, 0) is 17.8 Å². The number of carbonyl (C=O) groups is 1.